The molecular weight excluding hydrogens is 196 g/mol. The van der Waals surface area contributed by atoms with Crippen LogP contribution in [0.3, 0.4) is 0 Å². The average Bonchev–Trinajstić information content (AvgIpc) is 2.49. The van der Waals surface area contributed by atoms with Crippen molar-refractivity contribution in [3.63, 3.8) is 0 Å². The zero-order valence-corrected chi connectivity index (χ0v) is 9.29. The Labute approximate surface area is 88.9 Å². The van der Waals surface area contributed by atoms with Gasteiger partial charge in [0.2, 0.25) is 0 Å². The highest BCUT2D eigenvalue weighted by Gasteiger charge is 2.44. The van der Waals surface area contributed by atoms with Gasteiger partial charge in [-0.15, -0.1) is 0 Å². The SMILES string of the molecule is CCC1=C(C(=O)OC)C(=O)CC1(O)CC. The van der Waals surface area contributed by atoms with Gasteiger partial charge in [0.25, 0.3) is 0 Å². The third kappa shape index (κ3) is 1.81. The number of carbonyl (C=O) groups excluding carboxylic acids is 2. The number of ketones is 1. The Bertz CT molecular complexity index is 329. The van der Waals surface area contributed by atoms with Crippen LogP contribution in [0.25, 0.3) is 0 Å². The molecule has 1 aliphatic rings. The molecule has 0 fully saturated rings. The van der Waals surface area contributed by atoms with Crippen molar-refractivity contribution in [2.45, 2.75) is 38.7 Å². The number of ether oxygens (including phenoxy) is 1. The van der Waals surface area contributed by atoms with Gasteiger partial charge in [-0.25, -0.2) is 4.79 Å². The van der Waals surface area contributed by atoms with E-state index in [1.54, 1.807) is 6.92 Å². The van der Waals surface area contributed by atoms with Gasteiger partial charge in [-0.3, -0.25) is 4.79 Å². The molecule has 1 N–H and O–H groups in total. The number of aliphatic hydroxyl groups is 1. The van der Waals surface area contributed by atoms with E-state index in [4.69, 9.17) is 0 Å². The fourth-order valence-electron chi connectivity index (χ4n) is 2.04. The first kappa shape index (κ1) is 11.9. The highest BCUT2D eigenvalue weighted by molar-refractivity contribution is 6.20. The van der Waals surface area contributed by atoms with Crippen LogP contribution in [0.1, 0.15) is 33.1 Å². The summed E-state index contributed by atoms with van der Waals surface area (Å²) in [5.41, 5.74) is -0.582. The first-order valence-corrected chi connectivity index (χ1v) is 5.07. The van der Waals surface area contributed by atoms with Crippen LogP contribution < -0.4 is 0 Å². The van der Waals surface area contributed by atoms with Crippen LogP contribution in [0.5, 0.6) is 0 Å². The smallest absolute Gasteiger partial charge is 0.341 e. The minimum Gasteiger partial charge on any atom is -0.465 e. The second-order valence-corrected chi connectivity index (χ2v) is 3.68. The van der Waals surface area contributed by atoms with Crippen molar-refractivity contribution < 1.29 is 19.4 Å². The van der Waals surface area contributed by atoms with Gasteiger partial charge in [0.05, 0.1) is 12.7 Å². The molecule has 1 atom stereocenters. The maximum atomic E-state index is 11.6. The van der Waals surface area contributed by atoms with Crippen molar-refractivity contribution in [2.24, 2.45) is 0 Å². The molecule has 0 heterocycles. The normalized spacial score (nSPS) is 26.0. The van der Waals surface area contributed by atoms with E-state index in [0.717, 1.165) is 0 Å². The monoisotopic (exact) mass is 212 g/mol. The largest absolute Gasteiger partial charge is 0.465 e. The molecule has 0 saturated heterocycles. The predicted octanol–water partition coefficient (Wildman–Crippen LogP) is 0.980. The zero-order valence-electron chi connectivity index (χ0n) is 9.29. The van der Waals surface area contributed by atoms with Crippen molar-refractivity contribution in [2.75, 3.05) is 7.11 Å². The molecule has 0 radical (unpaired) electrons. The first-order chi connectivity index (χ1) is 7.00. The van der Waals surface area contributed by atoms with Crippen LogP contribution in [0, 0.1) is 0 Å². The molecule has 0 saturated carbocycles. The zero-order chi connectivity index (χ0) is 11.6. The molecular formula is C11H16O4. The van der Waals surface area contributed by atoms with Crippen molar-refractivity contribution in [3.05, 3.63) is 11.1 Å². The third-order valence-electron chi connectivity index (χ3n) is 2.92. The Morgan fingerprint density at radius 2 is 2.13 bits per heavy atom. The van der Waals surface area contributed by atoms with Gasteiger partial charge in [0, 0.05) is 6.42 Å². The summed E-state index contributed by atoms with van der Waals surface area (Å²) >= 11 is 0. The molecule has 0 aromatic rings. The summed E-state index contributed by atoms with van der Waals surface area (Å²) in [4.78, 5) is 23.0. The van der Waals surface area contributed by atoms with Crippen molar-refractivity contribution in [1.29, 1.82) is 0 Å². The lowest BCUT2D eigenvalue weighted by molar-refractivity contribution is -0.137. The molecule has 0 spiro atoms. The van der Waals surface area contributed by atoms with Gasteiger partial charge < -0.3 is 9.84 Å². The van der Waals surface area contributed by atoms with E-state index in [1.165, 1.54) is 7.11 Å². The fourth-order valence-corrected chi connectivity index (χ4v) is 2.04. The Morgan fingerprint density at radius 1 is 1.53 bits per heavy atom. The number of esters is 1. The van der Waals surface area contributed by atoms with E-state index in [1.807, 2.05) is 6.92 Å². The lowest BCUT2D eigenvalue weighted by atomic mass is 9.90. The quantitative estimate of drug-likeness (QED) is 0.559. The van der Waals surface area contributed by atoms with Gasteiger partial charge >= 0.3 is 5.97 Å². The maximum Gasteiger partial charge on any atom is 0.341 e. The van der Waals surface area contributed by atoms with Gasteiger partial charge in [-0.2, -0.15) is 0 Å². The molecule has 4 heteroatoms. The van der Waals surface area contributed by atoms with Crippen LogP contribution in [-0.4, -0.2) is 29.6 Å². The first-order valence-electron chi connectivity index (χ1n) is 5.07. The standard InChI is InChI=1S/C11H16O4/c1-4-7-9(10(13)15-3)8(12)6-11(7,14)5-2/h14H,4-6H2,1-3H3. The number of hydrogen-bond donors (Lipinski definition) is 1. The van der Waals surface area contributed by atoms with E-state index in [-0.39, 0.29) is 17.8 Å². The van der Waals surface area contributed by atoms with Crippen molar-refractivity contribution in [1.82, 2.24) is 0 Å². The number of methoxy groups -OCH3 is 1. The Balaban J connectivity index is 3.22. The summed E-state index contributed by atoms with van der Waals surface area (Å²) in [6.45, 7) is 3.61. The summed E-state index contributed by atoms with van der Waals surface area (Å²) < 4.78 is 4.55. The van der Waals surface area contributed by atoms with E-state index in [9.17, 15) is 14.7 Å². The molecule has 15 heavy (non-hydrogen) atoms. The second kappa shape index (κ2) is 4.14. The molecule has 0 bridgehead atoms. The molecule has 0 aromatic heterocycles. The minimum atomic E-state index is -1.14. The second-order valence-electron chi connectivity index (χ2n) is 3.68. The topological polar surface area (TPSA) is 63.6 Å². The van der Waals surface area contributed by atoms with Crippen LogP contribution >= 0.6 is 0 Å². The van der Waals surface area contributed by atoms with Crippen LogP contribution in [0.15, 0.2) is 11.1 Å². The molecule has 0 aromatic carbocycles. The lowest BCUT2D eigenvalue weighted by Crippen LogP contribution is -2.27. The van der Waals surface area contributed by atoms with E-state index >= 15 is 0 Å². The molecule has 84 valence electrons. The van der Waals surface area contributed by atoms with Crippen molar-refractivity contribution in [3.8, 4) is 0 Å². The number of rotatable bonds is 3. The van der Waals surface area contributed by atoms with E-state index in [0.29, 0.717) is 18.4 Å². The summed E-state index contributed by atoms with van der Waals surface area (Å²) in [5.74, 6) is -0.954. The van der Waals surface area contributed by atoms with Gasteiger partial charge in [-0.1, -0.05) is 13.8 Å². The summed E-state index contributed by atoms with van der Waals surface area (Å²) in [6.07, 6.45) is 0.917. The van der Waals surface area contributed by atoms with Crippen LogP contribution in [0.2, 0.25) is 0 Å². The van der Waals surface area contributed by atoms with Gasteiger partial charge in [0.1, 0.15) is 5.57 Å². The van der Waals surface area contributed by atoms with E-state index < -0.39 is 11.6 Å². The van der Waals surface area contributed by atoms with Crippen LogP contribution in [-0.2, 0) is 14.3 Å². The lowest BCUT2D eigenvalue weighted by Gasteiger charge is -2.23. The predicted molar refractivity (Wildman–Crippen MR) is 54.2 cm³/mol. The van der Waals surface area contributed by atoms with Crippen LogP contribution in [0.4, 0.5) is 0 Å². The number of Topliss-reactive ketones (excluding diaryl/α,β-unsaturated/α-hetero) is 1. The highest BCUT2D eigenvalue weighted by Crippen LogP contribution is 2.38. The minimum absolute atomic E-state index is 0.00287. The molecule has 1 rings (SSSR count). The fraction of sp³-hybridized carbons (Fsp3) is 0.636. The third-order valence-corrected chi connectivity index (χ3v) is 2.92. The maximum absolute atomic E-state index is 11.6. The van der Waals surface area contributed by atoms with Gasteiger partial charge in [-0.05, 0) is 18.4 Å². The number of hydrogen-bond acceptors (Lipinski definition) is 4. The molecule has 4 nitrogen and oxygen atoms in total. The Kier molecular flexibility index (Phi) is 3.29. The summed E-state index contributed by atoms with van der Waals surface area (Å²) in [6, 6.07) is 0. The van der Waals surface area contributed by atoms with Crippen molar-refractivity contribution >= 4 is 11.8 Å². The number of carbonyl (C=O) groups is 2. The van der Waals surface area contributed by atoms with E-state index in [2.05, 4.69) is 4.74 Å². The Morgan fingerprint density at radius 3 is 2.53 bits per heavy atom. The molecule has 1 aliphatic carbocycles. The average molecular weight is 212 g/mol. The summed E-state index contributed by atoms with van der Waals surface area (Å²) in [5, 5.41) is 10.2. The molecule has 0 aliphatic heterocycles. The van der Waals surface area contributed by atoms with Gasteiger partial charge in [0.15, 0.2) is 5.78 Å². The summed E-state index contributed by atoms with van der Waals surface area (Å²) in [7, 11) is 1.24. The molecule has 1 unspecified atom stereocenters. The Hall–Kier alpha value is -1.16. The highest BCUT2D eigenvalue weighted by atomic mass is 16.5. The molecule has 0 amide bonds.